The predicted molar refractivity (Wildman–Crippen MR) is 88.9 cm³/mol. The molecule has 0 radical (unpaired) electrons. The minimum atomic E-state index is -0.354. The monoisotopic (exact) mass is 329 g/mol. The zero-order chi connectivity index (χ0) is 16.6. The van der Waals surface area contributed by atoms with Gasteiger partial charge in [0.05, 0.1) is 0 Å². The smallest absolute Gasteiger partial charge is 0.276 e. The Kier molecular flexibility index (Phi) is 4.05. The van der Waals surface area contributed by atoms with Crippen LogP contribution in [0.3, 0.4) is 0 Å². The average molecular weight is 330 g/mol. The van der Waals surface area contributed by atoms with Crippen molar-refractivity contribution < 1.29 is 9.59 Å². The van der Waals surface area contributed by atoms with Gasteiger partial charge in [0, 0.05) is 29.4 Å². The number of hydrogen-bond donors (Lipinski definition) is 0. The molecule has 0 aliphatic carbocycles. The zero-order valence-corrected chi connectivity index (χ0v) is 13.7. The Labute approximate surface area is 139 Å². The largest absolute Gasteiger partial charge is 0.332 e. The number of pyridine rings is 1. The van der Waals surface area contributed by atoms with Gasteiger partial charge in [-0.25, -0.2) is 9.78 Å². The highest BCUT2D eigenvalue weighted by atomic mass is 35.5. The molecule has 0 spiro atoms. The summed E-state index contributed by atoms with van der Waals surface area (Å²) in [6.07, 6.45) is 0. The molecule has 23 heavy (non-hydrogen) atoms. The fourth-order valence-electron chi connectivity index (χ4n) is 2.67. The number of imide groups is 1. The lowest BCUT2D eigenvalue weighted by molar-refractivity contribution is 0.0830. The second-order valence-electron chi connectivity index (χ2n) is 5.55. The second kappa shape index (κ2) is 6.01. The molecule has 2 heterocycles. The number of halogens is 1. The van der Waals surface area contributed by atoms with Gasteiger partial charge in [0.15, 0.2) is 0 Å². The SMILES string of the molecule is Cc1cc(C)nc(N2CCN(C(=O)c3cccc(Cl)c3)C2=O)c1. The van der Waals surface area contributed by atoms with Crippen LogP contribution in [0.5, 0.6) is 0 Å². The van der Waals surface area contributed by atoms with Crippen molar-refractivity contribution in [2.24, 2.45) is 0 Å². The quantitative estimate of drug-likeness (QED) is 0.848. The average Bonchev–Trinajstić information content (AvgIpc) is 2.87. The summed E-state index contributed by atoms with van der Waals surface area (Å²) in [5.74, 6) is 0.235. The van der Waals surface area contributed by atoms with Crippen molar-refractivity contribution in [1.29, 1.82) is 0 Å². The van der Waals surface area contributed by atoms with Crippen molar-refractivity contribution in [3.63, 3.8) is 0 Å². The van der Waals surface area contributed by atoms with Crippen LogP contribution in [0, 0.1) is 13.8 Å². The lowest BCUT2D eigenvalue weighted by Crippen LogP contribution is -2.36. The highest BCUT2D eigenvalue weighted by Gasteiger charge is 2.35. The highest BCUT2D eigenvalue weighted by Crippen LogP contribution is 2.22. The van der Waals surface area contributed by atoms with Gasteiger partial charge in [-0.2, -0.15) is 0 Å². The van der Waals surface area contributed by atoms with Crippen LogP contribution in [0.1, 0.15) is 21.6 Å². The number of amides is 3. The molecule has 0 atom stereocenters. The first-order valence-electron chi connectivity index (χ1n) is 7.30. The van der Waals surface area contributed by atoms with Crippen LogP contribution >= 0.6 is 11.6 Å². The van der Waals surface area contributed by atoms with E-state index in [0.29, 0.717) is 29.5 Å². The third-order valence-electron chi connectivity index (χ3n) is 3.69. The van der Waals surface area contributed by atoms with Crippen LogP contribution in [-0.2, 0) is 0 Å². The van der Waals surface area contributed by atoms with Crippen molar-refractivity contribution >= 4 is 29.4 Å². The molecule has 0 N–H and O–H groups in total. The van der Waals surface area contributed by atoms with Crippen LogP contribution in [0.15, 0.2) is 36.4 Å². The summed E-state index contributed by atoms with van der Waals surface area (Å²) in [5.41, 5.74) is 2.27. The maximum Gasteiger partial charge on any atom is 0.332 e. The molecule has 1 aliphatic heterocycles. The maximum absolute atomic E-state index is 12.6. The number of nitrogens with zero attached hydrogens (tertiary/aromatic N) is 3. The van der Waals surface area contributed by atoms with Gasteiger partial charge >= 0.3 is 6.03 Å². The number of rotatable bonds is 2. The molecule has 1 aromatic carbocycles. The minimum Gasteiger partial charge on any atom is -0.276 e. The normalized spacial score (nSPS) is 14.5. The van der Waals surface area contributed by atoms with Crippen LogP contribution in [0.25, 0.3) is 0 Å². The third kappa shape index (κ3) is 3.05. The van der Waals surface area contributed by atoms with Gasteiger partial charge < -0.3 is 0 Å². The van der Waals surface area contributed by atoms with Crippen molar-refractivity contribution in [2.45, 2.75) is 13.8 Å². The van der Waals surface area contributed by atoms with E-state index in [1.807, 2.05) is 26.0 Å². The summed E-state index contributed by atoms with van der Waals surface area (Å²) in [7, 11) is 0. The summed E-state index contributed by atoms with van der Waals surface area (Å²) in [6.45, 7) is 4.60. The lowest BCUT2D eigenvalue weighted by Gasteiger charge is -2.17. The molecular formula is C17H16ClN3O2. The number of anilines is 1. The van der Waals surface area contributed by atoms with E-state index in [4.69, 9.17) is 11.6 Å². The fraction of sp³-hybridized carbons (Fsp3) is 0.235. The molecule has 1 saturated heterocycles. The molecule has 6 heteroatoms. The Morgan fingerprint density at radius 3 is 2.65 bits per heavy atom. The summed E-state index contributed by atoms with van der Waals surface area (Å²) in [6, 6.07) is 10.0. The van der Waals surface area contributed by atoms with Crippen LogP contribution in [-0.4, -0.2) is 34.9 Å². The lowest BCUT2D eigenvalue weighted by atomic mass is 10.2. The number of aryl methyl sites for hydroxylation is 2. The fourth-order valence-corrected chi connectivity index (χ4v) is 2.86. The van der Waals surface area contributed by atoms with Crippen molar-refractivity contribution in [2.75, 3.05) is 18.0 Å². The molecule has 1 fully saturated rings. The van der Waals surface area contributed by atoms with Crippen molar-refractivity contribution in [1.82, 2.24) is 9.88 Å². The van der Waals surface area contributed by atoms with Gasteiger partial charge in [-0.3, -0.25) is 14.6 Å². The molecular weight excluding hydrogens is 314 g/mol. The molecule has 3 amide bonds. The molecule has 3 rings (SSSR count). The topological polar surface area (TPSA) is 53.5 Å². The predicted octanol–water partition coefficient (Wildman–Crippen LogP) is 3.43. The van der Waals surface area contributed by atoms with Gasteiger partial charge in [-0.1, -0.05) is 17.7 Å². The first-order valence-corrected chi connectivity index (χ1v) is 7.68. The molecule has 1 aliphatic rings. The van der Waals surface area contributed by atoms with E-state index in [1.54, 1.807) is 24.3 Å². The molecule has 0 saturated carbocycles. The van der Waals surface area contributed by atoms with E-state index in [0.717, 1.165) is 11.3 Å². The Hall–Kier alpha value is -2.40. The molecule has 0 bridgehead atoms. The van der Waals surface area contributed by atoms with E-state index in [-0.39, 0.29) is 11.9 Å². The van der Waals surface area contributed by atoms with E-state index in [2.05, 4.69) is 4.98 Å². The zero-order valence-electron chi connectivity index (χ0n) is 12.9. The molecule has 1 aromatic heterocycles. The van der Waals surface area contributed by atoms with Gasteiger partial charge in [-0.15, -0.1) is 0 Å². The van der Waals surface area contributed by atoms with Gasteiger partial charge in [0.25, 0.3) is 5.91 Å². The first-order chi connectivity index (χ1) is 11.0. The van der Waals surface area contributed by atoms with Crippen molar-refractivity contribution in [3.05, 3.63) is 58.2 Å². The summed E-state index contributed by atoms with van der Waals surface area (Å²) in [4.78, 5) is 32.3. The number of carbonyl (C=O) groups excluding carboxylic acids is 2. The Morgan fingerprint density at radius 2 is 1.96 bits per heavy atom. The Morgan fingerprint density at radius 1 is 1.17 bits per heavy atom. The molecule has 118 valence electrons. The summed E-state index contributed by atoms with van der Waals surface area (Å²) < 4.78 is 0. The molecule has 0 unspecified atom stereocenters. The van der Waals surface area contributed by atoms with E-state index in [9.17, 15) is 9.59 Å². The van der Waals surface area contributed by atoms with E-state index in [1.165, 1.54) is 9.80 Å². The van der Waals surface area contributed by atoms with Gasteiger partial charge in [-0.05, 0) is 49.7 Å². The van der Waals surface area contributed by atoms with Crippen LogP contribution in [0.4, 0.5) is 10.6 Å². The maximum atomic E-state index is 12.6. The first kappa shape index (κ1) is 15.5. The number of hydrogen-bond acceptors (Lipinski definition) is 3. The second-order valence-corrected chi connectivity index (χ2v) is 5.98. The van der Waals surface area contributed by atoms with Crippen LogP contribution < -0.4 is 4.90 Å². The minimum absolute atomic E-state index is 0.332. The van der Waals surface area contributed by atoms with Gasteiger partial charge in [0.2, 0.25) is 0 Å². The van der Waals surface area contributed by atoms with Gasteiger partial charge in [0.1, 0.15) is 5.82 Å². The number of benzene rings is 1. The summed E-state index contributed by atoms with van der Waals surface area (Å²) in [5, 5.41) is 0.468. The Balaban J connectivity index is 1.85. The number of urea groups is 1. The molecule has 2 aromatic rings. The number of carbonyl (C=O) groups is 2. The molecule has 5 nitrogen and oxygen atoms in total. The number of aromatic nitrogens is 1. The third-order valence-corrected chi connectivity index (χ3v) is 3.92. The van der Waals surface area contributed by atoms with Crippen molar-refractivity contribution in [3.8, 4) is 0 Å². The van der Waals surface area contributed by atoms with E-state index < -0.39 is 0 Å². The Bertz CT molecular complexity index is 771. The highest BCUT2D eigenvalue weighted by molar-refractivity contribution is 6.31. The summed E-state index contributed by atoms with van der Waals surface area (Å²) >= 11 is 5.92. The standard InChI is InChI=1S/C17H16ClN3O2/c1-11-8-12(2)19-15(9-11)20-6-7-21(17(20)23)16(22)13-4-3-5-14(18)10-13/h3-5,8-10H,6-7H2,1-2H3. The van der Waals surface area contributed by atoms with E-state index >= 15 is 0 Å². The van der Waals surface area contributed by atoms with Crippen LogP contribution in [0.2, 0.25) is 5.02 Å².